The second-order valence-electron chi connectivity index (χ2n) is 4.69. The molecule has 1 heterocycles. The van der Waals surface area contributed by atoms with Gasteiger partial charge in [0.15, 0.2) is 0 Å². The van der Waals surface area contributed by atoms with Gasteiger partial charge >= 0.3 is 0 Å². The number of nitrogen functional groups attached to an aromatic ring is 1. The number of nitrogens with zero attached hydrogens (tertiary/aromatic N) is 2. The summed E-state index contributed by atoms with van der Waals surface area (Å²) in [5, 5.41) is 0.817. The van der Waals surface area contributed by atoms with Crippen LogP contribution in [0, 0.1) is 5.82 Å². The highest BCUT2D eigenvalue weighted by Gasteiger charge is 2.08. The van der Waals surface area contributed by atoms with Gasteiger partial charge < -0.3 is 5.73 Å². The number of hydrogen-bond donors (Lipinski definition) is 1. The van der Waals surface area contributed by atoms with Gasteiger partial charge in [0, 0.05) is 16.3 Å². The predicted molar refractivity (Wildman–Crippen MR) is 80.9 cm³/mol. The number of anilines is 1. The molecule has 0 spiro atoms. The molecule has 3 rings (SSSR count). The van der Waals surface area contributed by atoms with E-state index in [0.29, 0.717) is 27.2 Å². The van der Waals surface area contributed by atoms with Gasteiger partial charge in [-0.3, -0.25) is 9.36 Å². The molecule has 0 aliphatic heterocycles. The summed E-state index contributed by atoms with van der Waals surface area (Å²) in [7, 11) is 0. The minimum absolute atomic E-state index is 0.0585. The van der Waals surface area contributed by atoms with Crippen molar-refractivity contribution in [1.29, 1.82) is 0 Å². The van der Waals surface area contributed by atoms with Crippen LogP contribution >= 0.6 is 11.6 Å². The number of hydrogen-bond acceptors (Lipinski definition) is 3. The SMILES string of the molecule is Nc1ccc2ncn(Cc3cc(Cl)ccc3F)c(=O)c2c1. The lowest BCUT2D eigenvalue weighted by Gasteiger charge is -2.08. The quantitative estimate of drug-likeness (QED) is 0.741. The molecule has 0 atom stereocenters. The molecule has 0 fully saturated rings. The summed E-state index contributed by atoms with van der Waals surface area (Å²) in [5.41, 5.74) is 6.78. The lowest BCUT2D eigenvalue weighted by molar-refractivity contribution is 0.595. The molecule has 106 valence electrons. The fourth-order valence-electron chi connectivity index (χ4n) is 2.14. The molecule has 2 N–H and O–H groups in total. The Bertz CT molecular complexity index is 892. The highest BCUT2D eigenvalue weighted by molar-refractivity contribution is 6.30. The molecule has 0 unspecified atom stereocenters. The Morgan fingerprint density at radius 2 is 2.05 bits per heavy atom. The monoisotopic (exact) mass is 303 g/mol. The molecule has 0 saturated heterocycles. The summed E-state index contributed by atoms with van der Waals surface area (Å²) in [5.74, 6) is -0.418. The van der Waals surface area contributed by atoms with Crippen LogP contribution in [-0.2, 0) is 6.54 Å². The van der Waals surface area contributed by atoms with Crippen LogP contribution < -0.4 is 11.3 Å². The summed E-state index contributed by atoms with van der Waals surface area (Å²) in [6.07, 6.45) is 1.39. The maximum absolute atomic E-state index is 13.8. The van der Waals surface area contributed by atoms with Crippen LogP contribution in [0.3, 0.4) is 0 Å². The van der Waals surface area contributed by atoms with Crippen LogP contribution in [0.2, 0.25) is 5.02 Å². The Labute approximate surface area is 124 Å². The van der Waals surface area contributed by atoms with Crippen molar-refractivity contribution in [2.75, 3.05) is 5.73 Å². The van der Waals surface area contributed by atoms with Crippen LogP contribution in [0.15, 0.2) is 47.5 Å². The van der Waals surface area contributed by atoms with Gasteiger partial charge in [0.2, 0.25) is 0 Å². The van der Waals surface area contributed by atoms with Gasteiger partial charge in [-0.15, -0.1) is 0 Å². The lowest BCUT2D eigenvalue weighted by atomic mass is 10.2. The fourth-order valence-corrected chi connectivity index (χ4v) is 2.33. The number of fused-ring (bicyclic) bond motifs is 1. The molecule has 0 saturated carbocycles. The third kappa shape index (κ3) is 2.60. The molecule has 0 amide bonds. The van der Waals surface area contributed by atoms with E-state index in [9.17, 15) is 9.18 Å². The molecule has 0 bridgehead atoms. The van der Waals surface area contributed by atoms with E-state index in [1.807, 2.05) is 0 Å². The minimum atomic E-state index is -0.418. The van der Waals surface area contributed by atoms with Crippen molar-refractivity contribution in [1.82, 2.24) is 9.55 Å². The van der Waals surface area contributed by atoms with Crippen LogP contribution in [0.5, 0.6) is 0 Å². The first-order chi connectivity index (χ1) is 10.0. The van der Waals surface area contributed by atoms with Crippen molar-refractivity contribution in [3.05, 3.63) is 69.5 Å². The van der Waals surface area contributed by atoms with Crippen molar-refractivity contribution < 1.29 is 4.39 Å². The Hall–Kier alpha value is -2.40. The zero-order chi connectivity index (χ0) is 15.0. The Balaban J connectivity index is 2.11. The van der Waals surface area contributed by atoms with Gasteiger partial charge in [-0.1, -0.05) is 11.6 Å². The molecule has 0 aliphatic rings. The van der Waals surface area contributed by atoms with E-state index in [1.165, 1.54) is 29.1 Å². The molecule has 21 heavy (non-hydrogen) atoms. The zero-order valence-corrected chi connectivity index (χ0v) is 11.6. The summed E-state index contributed by atoms with van der Waals surface area (Å²) >= 11 is 5.85. The van der Waals surface area contributed by atoms with Crippen molar-refractivity contribution in [2.24, 2.45) is 0 Å². The van der Waals surface area contributed by atoms with Crippen LogP contribution in [0.25, 0.3) is 10.9 Å². The van der Waals surface area contributed by atoms with E-state index in [1.54, 1.807) is 18.2 Å². The van der Waals surface area contributed by atoms with Crippen LogP contribution in [0.1, 0.15) is 5.56 Å². The first-order valence-electron chi connectivity index (χ1n) is 6.23. The van der Waals surface area contributed by atoms with Crippen molar-refractivity contribution in [2.45, 2.75) is 6.54 Å². The summed E-state index contributed by atoms with van der Waals surface area (Å²) in [6, 6.07) is 9.15. The molecular weight excluding hydrogens is 293 g/mol. The number of halogens is 2. The first kappa shape index (κ1) is 13.6. The van der Waals surface area contributed by atoms with Gasteiger partial charge in [0.1, 0.15) is 5.82 Å². The normalized spacial score (nSPS) is 11.0. The van der Waals surface area contributed by atoms with E-state index in [0.717, 1.165) is 0 Å². The summed E-state index contributed by atoms with van der Waals surface area (Å²) < 4.78 is 15.1. The number of aromatic nitrogens is 2. The molecule has 6 heteroatoms. The standard InChI is InChI=1S/C15H11ClFN3O/c16-10-1-3-13(17)9(5-10)7-20-8-19-14-4-2-11(18)6-12(14)15(20)21/h1-6,8H,7,18H2. The topological polar surface area (TPSA) is 60.9 Å². The van der Waals surface area contributed by atoms with E-state index in [4.69, 9.17) is 17.3 Å². The van der Waals surface area contributed by atoms with Gasteiger partial charge in [-0.05, 0) is 36.4 Å². The summed E-state index contributed by atoms with van der Waals surface area (Å²) in [6.45, 7) is 0.0585. The molecule has 1 aromatic heterocycles. The van der Waals surface area contributed by atoms with Crippen LogP contribution in [-0.4, -0.2) is 9.55 Å². The number of benzene rings is 2. The smallest absolute Gasteiger partial charge is 0.261 e. The summed E-state index contributed by atoms with van der Waals surface area (Å²) in [4.78, 5) is 16.6. The van der Waals surface area contributed by atoms with Crippen molar-refractivity contribution in [3.63, 3.8) is 0 Å². The maximum Gasteiger partial charge on any atom is 0.261 e. The largest absolute Gasteiger partial charge is 0.399 e. The van der Waals surface area contributed by atoms with Crippen LogP contribution in [0.4, 0.5) is 10.1 Å². The van der Waals surface area contributed by atoms with E-state index >= 15 is 0 Å². The fraction of sp³-hybridized carbons (Fsp3) is 0.0667. The van der Waals surface area contributed by atoms with Gasteiger partial charge in [-0.25, -0.2) is 9.37 Å². The van der Waals surface area contributed by atoms with Gasteiger partial charge in [0.25, 0.3) is 5.56 Å². The van der Waals surface area contributed by atoms with Crippen molar-refractivity contribution >= 4 is 28.2 Å². The Morgan fingerprint density at radius 3 is 2.86 bits per heavy atom. The molecule has 2 aromatic carbocycles. The van der Waals surface area contributed by atoms with E-state index < -0.39 is 5.82 Å². The average Bonchev–Trinajstić information content (AvgIpc) is 2.46. The van der Waals surface area contributed by atoms with E-state index in [-0.39, 0.29) is 12.1 Å². The second kappa shape index (κ2) is 5.18. The third-order valence-electron chi connectivity index (χ3n) is 3.20. The van der Waals surface area contributed by atoms with Gasteiger partial charge in [0.05, 0.1) is 23.8 Å². The molecular formula is C15H11ClFN3O. The zero-order valence-electron chi connectivity index (χ0n) is 10.9. The molecule has 4 nitrogen and oxygen atoms in total. The average molecular weight is 304 g/mol. The first-order valence-corrected chi connectivity index (χ1v) is 6.61. The minimum Gasteiger partial charge on any atom is -0.399 e. The predicted octanol–water partition coefficient (Wildman–Crippen LogP) is 2.82. The highest BCUT2D eigenvalue weighted by atomic mass is 35.5. The second-order valence-corrected chi connectivity index (χ2v) is 5.13. The Morgan fingerprint density at radius 1 is 1.24 bits per heavy atom. The molecule has 0 radical (unpaired) electrons. The number of nitrogens with two attached hydrogens (primary N) is 1. The van der Waals surface area contributed by atoms with Gasteiger partial charge in [-0.2, -0.15) is 0 Å². The third-order valence-corrected chi connectivity index (χ3v) is 3.43. The maximum atomic E-state index is 13.8. The Kier molecular flexibility index (Phi) is 3.35. The lowest BCUT2D eigenvalue weighted by Crippen LogP contribution is -2.21. The van der Waals surface area contributed by atoms with E-state index in [2.05, 4.69) is 4.98 Å². The molecule has 3 aromatic rings. The molecule has 0 aliphatic carbocycles. The van der Waals surface area contributed by atoms with Crippen molar-refractivity contribution in [3.8, 4) is 0 Å². The highest BCUT2D eigenvalue weighted by Crippen LogP contribution is 2.16. The number of rotatable bonds is 2.